The highest BCUT2D eigenvalue weighted by molar-refractivity contribution is 9.10. The molecule has 0 aliphatic carbocycles. The fourth-order valence-corrected chi connectivity index (χ4v) is 2.99. The van der Waals surface area contributed by atoms with Crippen LogP contribution in [0.1, 0.15) is 31.4 Å². The number of hydrogen-bond acceptors (Lipinski definition) is 2. The third-order valence-corrected chi connectivity index (χ3v) is 4.18. The lowest BCUT2D eigenvalue weighted by Crippen LogP contribution is -2.38. The highest BCUT2D eigenvalue weighted by Crippen LogP contribution is 2.27. The third-order valence-electron chi connectivity index (χ3n) is 3.69. The molecule has 0 aromatic heterocycles. The molecule has 94 valence electrons. The van der Waals surface area contributed by atoms with Crippen LogP contribution in [0.4, 0.5) is 0 Å². The zero-order valence-corrected chi connectivity index (χ0v) is 11.9. The van der Waals surface area contributed by atoms with Crippen molar-refractivity contribution in [3.63, 3.8) is 0 Å². The predicted octanol–water partition coefficient (Wildman–Crippen LogP) is 3.21. The molecule has 0 saturated carbocycles. The van der Waals surface area contributed by atoms with Crippen molar-refractivity contribution >= 4 is 15.9 Å². The molecule has 2 atom stereocenters. The van der Waals surface area contributed by atoms with Gasteiger partial charge >= 0.3 is 0 Å². The van der Waals surface area contributed by atoms with Crippen molar-refractivity contribution in [2.24, 2.45) is 5.92 Å². The van der Waals surface area contributed by atoms with Gasteiger partial charge in [-0.1, -0.05) is 28.1 Å². The van der Waals surface area contributed by atoms with E-state index < -0.39 is 0 Å². The van der Waals surface area contributed by atoms with Crippen molar-refractivity contribution < 1.29 is 5.11 Å². The van der Waals surface area contributed by atoms with Gasteiger partial charge in [-0.3, -0.25) is 4.90 Å². The molecule has 1 aromatic rings. The van der Waals surface area contributed by atoms with Crippen molar-refractivity contribution in [2.75, 3.05) is 19.7 Å². The summed E-state index contributed by atoms with van der Waals surface area (Å²) in [6.07, 6.45) is 2.36. The summed E-state index contributed by atoms with van der Waals surface area (Å²) in [5, 5.41) is 9.27. The second-order valence-corrected chi connectivity index (χ2v) is 5.83. The standard InChI is InChI=1S/C14H20BrNO/c1-11(13-5-2-6-14(15)8-13)16-7-3-4-12(9-16)10-17/h2,5-6,8,11-12,17H,3-4,7,9-10H2,1H3. The van der Waals surface area contributed by atoms with Crippen LogP contribution in [0.15, 0.2) is 28.7 Å². The molecule has 2 nitrogen and oxygen atoms in total. The van der Waals surface area contributed by atoms with Crippen LogP contribution < -0.4 is 0 Å². The molecule has 1 saturated heterocycles. The molecular weight excluding hydrogens is 278 g/mol. The first-order valence-corrected chi connectivity index (χ1v) is 7.10. The summed E-state index contributed by atoms with van der Waals surface area (Å²) in [7, 11) is 0. The minimum Gasteiger partial charge on any atom is -0.396 e. The van der Waals surface area contributed by atoms with Gasteiger partial charge in [0.1, 0.15) is 0 Å². The van der Waals surface area contributed by atoms with Gasteiger partial charge in [-0.2, -0.15) is 0 Å². The normalized spacial score (nSPS) is 23.6. The van der Waals surface area contributed by atoms with E-state index in [4.69, 9.17) is 0 Å². The first-order chi connectivity index (χ1) is 8.20. The molecule has 0 spiro atoms. The molecule has 1 N–H and O–H groups in total. The lowest BCUT2D eigenvalue weighted by molar-refractivity contribution is 0.0935. The Kier molecular flexibility index (Phi) is 4.60. The van der Waals surface area contributed by atoms with Crippen molar-refractivity contribution in [3.05, 3.63) is 34.3 Å². The average Bonchev–Trinajstić information content (AvgIpc) is 2.38. The lowest BCUT2D eigenvalue weighted by atomic mass is 9.96. The zero-order valence-electron chi connectivity index (χ0n) is 10.3. The SMILES string of the molecule is CC(c1cccc(Br)c1)N1CCCC(CO)C1. The first kappa shape index (κ1) is 13.1. The van der Waals surface area contributed by atoms with Crippen molar-refractivity contribution in [1.82, 2.24) is 4.90 Å². The molecule has 2 unspecified atom stereocenters. The topological polar surface area (TPSA) is 23.5 Å². The summed E-state index contributed by atoms with van der Waals surface area (Å²) in [5.41, 5.74) is 1.35. The van der Waals surface area contributed by atoms with Crippen LogP contribution in [0.5, 0.6) is 0 Å². The second kappa shape index (κ2) is 5.98. The Morgan fingerprint density at radius 3 is 3.06 bits per heavy atom. The van der Waals surface area contributed by atoms with Gasteiger partial charge in [-0.25, -0.2) is 0 Å². The molecule has 0 amide bonds. The number of aliphatic hydroxyl groups excluding tert-OH is 1. The number of hydrogen-bond donors (Lipinski definition) is 1. The van der Waals surface area contributed by atoms with Crippen LogP contribution in [0, 0.1) is 5.92 Å². The molecule has 1 fully saturated rings. The molecular formula is C14H20BrNO. The van der Waals surface area contributed by atoms with E-state index in [1.807, 2.05) is 0 Å². The van der Waals surface area contributed by atoms with Crippen LogP contribution in [0.3, 0.4) is 0 Å². The van der Waals surface area contributed by atoms with E-state index in [1.165, 1.54) is 12.0 Å². The van der Waals surface area contributed by atoms with E-state index in [0.29, 0.717) is 18.6 Å². The predicted molar refractivity (Wildman–Crippen MR) is 73.9 cm³/mol. The number of halogens is 1. The summed E-state index contributed by atoms with van der Waals surface area (Å²) in [5.74, 6) is 0.457. The number of benzene rings is 1. The Hall–Kier alpha value is -0.380. The summed E-state index contributed by atoms with van der Waals surface area (Å²) in [6, 6.07) is 8.94. The van der Waals surface area contributed by atoms with Crippen LogP contribution in [-0.2, 0) is 0 Å². The number of rotatable bonds is 3. The van der Waals surface area contributed by atoms with Crippen LogP contribution in [0.25, 0.3) is 0 Å². The maximum absolute atomic E-state index is 9.27. The quantitative estimate of drug-likeness (QED) is 0.926. The van der Waals surface area contributed by atoms with Gasteiger partial charge < -0.3 is 5.11 Å². The van der Waals surface area contributed by atoms with Gasteiger partial charge in [0.05, 0.1) is 0 Å². The van der Waals surface area contributed by atoms with E-state index >= 15 is 0 Å². The van der Waals surface area contributed by atoms with E-state index in [1.54, 1.807) is 0 Å². The van der Waals surface area contributed by atoms with Gasteiger partial charge in [0, 0.05) is 23.7 Å². The maximum Gasteiger partial charge on any atom is 0.0471 e. The monoisotopic (exact) mass is 297 g/mol. The highest BCUT2D eigenvalue weighted by Gasteiger charge is 2.23. The smallest absolute Gasteiger partial charge is 0.0471 e. The lowest BCUT2D eigenvalue weighted by Gasteiger charge is -2.36. The van der Waals surface area contributed by atoms with Crippen molar-refractivity contribution in [3.8, 4) is 0 Å². The Morgan fingerprint density at radius 2 is 2.35 bits per heavy atom. The molecule has 1 heterocycles. The fourth-order valence-electron chi connectivity index (χ4n) is 2.58. The molecule has 0 radical (unpaired) electrons. The Labute approximate surface area is 112 Å². The highest BCUT2D eigenvalue weighted by atomic mass is 79.9. The largest absolute Gasteiger partial charge is 0.396 e. The van der Waals surface area contributed by atoms with E-state index in [-0.39, 0.29) is 0 Å². The van der Waals surface area contributed by atoms with Gasteiger partial charge in [0.25, 0.3) is 0 Å². The van der Waals surface area contributed by atoms with Crippen LogP contribution >= 0.6 is 15.9 Å². The molecule has 2 rings (SSSR count). The van der Waals surface area contributed by atoms with Crippen molar-refractivity contribution in [2.45, 2.75) is 25.8 Å². The molecule has 17 heavy (non-hydrogen) atoms. The summed E-state index contributed by atoms with van der Waals surface area (Å²) < 4.78 is 1.14. The Morgan fingerprint density at radius 1 is 1.53 bits per heavy atom. The fraction of sp³-hybridized carbons (Fsp3) is 0.571. The number of nitrogens with zero attached hydrogens (tertiary/aromatic N) is 1. The maximum atomic E-state index is 9.27. The molecule has 3 heteroatoms. The van der Waals surface area contributed by atoms with E-state index in [0.717, 1.165) is 24.0 Å². The zero-order chi connectivity index (χ0) is 12.3. The number of likely N-dealkylation sites (tertiary alicyclic amines) is 1. The third kappa shape index (κ3) is 3.30. The van der Waals surface area contributed by atoms with Crippen molar-refractivity contribution in [1.29, 1.82) is 0 Å². The van der Waals surface area contributed by atoms with Gasteiger partial charge in [-0.15, -0.1) is 0 Å². The molecule has 1 aromatic carbocycles. The summed E-state index contributed by atoms with van der Waals surface area (Å²) in [4.78, 5) is 2.48. The Bertz CT molecular complexity index is 369. The molecule has 1 aliphatic rings. The van der Waals surface area contributed by atoms with E-state index in [9.17, 15) is 5.11 Å². The van der Waals surface area contributed by atoms with Crippen LogP contribution in [0.2, 0.25) is 0 Å². The number of aliphatic hydroxyl groups is 1. The van der Waals surface area contributed by atoms with Gasteiger partial charge in [0.15, 0.2) is 0 Å². The summed E-state index contributed by atoms with van der Waals surface area (Å²) in [6.45, 7) is 4.73. The minimum absolute atomic E-state index is 0.321. The Balaban J connectivity index is 2.06. The van der Waals surface area contributed by atoms with E-state index in [2.05, 4.69) is 52.0 Å². The van der Waals surface area contributed by atoms with Crippen LogP contribution in [-0.4, -0.2) is 29.7 Å². The molecule has 1 aliphatic heterocycles. The minimum atomic E-state index is 0.321. The average molecular weight is 298 g/mol. The summed E-state index contributed by atoms with van der Waals surface area (Å²) >= 11 is 3.52. The van der Waals surface area contributed by atoms with Gasteiger partial charge in [0.2, 0.25) is 0 Å². The second-order valence-electron chi connectivity index (χ2n) is 4.92. The van der Waals surface area contributed by atoms with Gasteiger partial charge in [-0.05, 0) is 49.9 Å². The molecule has 0 bridgehead atoms. The first-order valence-electron chi connectivity index (χ1n) is 6.31. The number of piperidine rings is 1.